The highest BCUT2D eigenvalue weighted by atomic mass is 35.5. The summed E-state index contributed by atoms with van der Waals surface area (Å²) in [6.45, 7) is 2.52. The summed E-state index contributed by atoms with van der Waals surface area (Å²) in [5.74, 6) is 0.497. The van der Waals surface area contributed by atoms with Crippen LogP contribution in [0.4, 0.5) is 22.0 Å². The van der Waals surface area contributed by atoms with E-state index in [0.717, 1.165) is 17.8 Å². The molecule has 1 aliphatic heterocycles. The number of aromatic amines is 1. The quantitative estimate of drug-likeness (QED) is 0.806. The molecular weight excluding hydrogens is 318 g/mol. The molecule has 7 nitrogen and oxygen atoms in total. The third-order valence-corrected chi connectivity index (χ3v) is 3.86. The molecule has 23 heavy (non-hydrogen) atoms. The molecule has 0 radical (unpaired) electrons. The van der Waals surface area contributed by atoms with Crippen molar-refractivity contribution in [3.05, 3.63) is 35.0 Å². The Morgan fingerprint density at radius 1 is 1.35 bits per heavy atom. The molecule has 0 saturated carbocycles. The standard InChI is InChI=1S/C15H16ClN5O2/c1-9-7-13(20-19-9)18-15(23)17-12-8-10(4-5-11(12)16)21-6-2-3-14(21)22/h4-5,7-8H,2-3,6H2,1H3,(H3,17,18,19,20,23). The van der Waals surface area contributed by atoms with Crippen LogP contribution in [0.15, 0.2) is 24.3 Å². The number of urea groups is 1. The number of carbonyl (C=O) groups excluding carboxylic acids is 2. The van der Waals surface area contributed by atoms with Crippen LogP contribution in [0.1, 0.15) is 18.5 Å². The van der Waals surface area contributed by atoms with Gasteiger partial charge >= 0.3 is 6.03 Å². The summed E-state index contributed by atoms with van der Waals surface area (Å²) in [6.07, 6.45) is 1.38. The van der Waals surface area contributed by atoms with Crippen molar-refractivity contribution in [1.82, 2.24) is 10.2 Å². The van der Waals surface area contributed by atoms with Gasteiger partial charge in [0, 0.05) is 30.4 Å². The molecule has 3 amide bonds. The number of nitrogens with one attached hydrogen (secondary N) is 3. The smallest absolute Gasteiger partial charge is 0.312 e. The number of anilines is 3. The molecule has 0 bridgehead atoms. The maximum Gasteiger partial charge on any atom is 0.324 e. The maximum atomic E-state index is 12.0. The maximum absolute atomic E-state index is 12.0. The van der Waals surface area contributed by atoms with E-state index in [9.17, 15) is 9.59 Å². The molecule has 1 aliphatic rings. The molecule has 8 heteroatoms. The zero-order valence-corrected chi connectivity index (χ0v) is 13.3. The Hall–Kier alpha value is -2.54. The molecule has 0 spiro atoms. The number of aromatic nitrogens is 2. The van der Waals surface area contributed by atoms with Gasteiger partial charge in [-0.2, -0.15) is 5.10 Å². The lowest BCUT2D eigenvalue weighted by Gasteiger charge is -2.17. The summed E-state index contributed by atoms with van der Waals surface area (Å²) < 4.78 is 0. The van der Waals surface area contributed by atoms with E-state index in [-0.39, 0.29) is 5.91 Å². The van der Waals surface area contributed by atoms with Crippen LogP contribution < -0.4 is 15.5 Å². The minimum atomic E-state index is -0.455. The van der Waals surface area contributed by atoms with E-state index < -0.39 is 6.03 Å². The van der Waals surface area contributed by atoms with Crippen LogP contribution in [0.25, 0.3) is 0 Å². The van der Waals surface area contributed by atoms with Gasteiger partial charge in [0.05, 0.1) is 10.7 Å². The van der Waals surface area contributed by atoms with E-state index in [2.05, 4.69) is 20.8 Å². The normalized spacial score (nSPS) is 14.2. The predicted molar refractivity (Wildman–Crippen MR) is 89.0 cm³/mol. The number of halogens is 1. The molecule has 2 heterocycles. The highest BCUT2D eigenvalue weighted by Gasteiger charge is 2.22. The second-order valence-electron chi connectivity index (χ2n) is 5.33. The van der Waals surface area contributed by atoms with Crippen LogP contribution in [0.2, 0.25) is 5.02 Å². The van der Waals surface area contributed by atoms with Crippen LogP contribution in [0.3, 0.4) is 0 Å². The van der Waals surface area contributed by atoms with Crippen molar-refractivity contribution in [2.75, 3.05) is 22.1 Å². The first-order valence-electron chi connectivity index (χ1n) is 7.23. The average molecular weight is 334 g/mol. The van der Waals surface area contributed by atoms with Crippen LogP contribution in [0, 0.1) is 6.92 Å². The first kappa shape index (κ1) is 15.4. The van der Waals surface area contributed by atoms with Gasteiger partial charge in [-0.1, -0.05) is 11.6 Å². The van der Waals surface area contributed by atoms with E-state index in [1.165, 1.54) is 0 Å². The van der Waals surface area contributed by atoms with E-state index in [4.69, 9.17) is 11.6 Å². The number of rotatable bonds is 3. The highest BCUT2D eigenvalue weighted by molar-refractivity contribution is 6.34. The zero-order valence-electron chi connectivity index (χ0n) is 12.5. The van der Waals surface area contributed by atoms with Crippen molar-refractivity contribution in [2.45, 2.75) is 19.8 Å². The Labute approximate surface area is 138 Å². The number of nitrogens with zero attached hydrogens (tertiary/aromatic N) is 2. The van der Waals surface area contributed by atoms with Crippen LogP contribution >= 0.6 is 11.6 Å². The van der Waals surface area contributed by atoms with Crippen molar-refractivity contribution >= 4 is 40.7 Å². The van der Waals surface area contributed by atoms with Gasteiger partial charge in [-0.15, -0.1) is 0 Å². The lowest BCUT2D eigenvalue weighted by Crippen LogP contribution is -2.24. The van der Waals surface area contributed by atoms with Crippen molar-refractivity contribution in [2.24, 2.45) is 0 Å². The van der Waals surface area contributed by atoms with E-state index in [1.807, 2.05) is 6.92 Å². The van der Waals surface area contributed by atoms with Gasteiger partial charge in [-0.25, -0.2) is 4.79 Å². The molecule has 0 unspecified atom stereocenters. The second kappa shape index (κ2) is 6.29. The molecular formula is C15H16ClN5O2. The van der Waals surface area contributed by atoms with Crippen molar-refractivity contribution in [1.29, 1.82) is 0 Å². The fourth-order valence-corrected chi connectivity index (χ4v) is 2.61. The average Bonchev–Trinajstić information content (AvgIpc) is 3.10. The third-order valence-electron chi connectivity index (χ3n) is 3.53. The fourth-order valence-electron chi connectivity index (χ4n) is 2.45. The summed E-state index contributed by atoms with van der Waals surface area (Å²) in [6, 6.07) is 6.38. The molecule has 1 saturated heterocycles. The fraction of sp³-hybridized carbons (Fsp3) is 0.267. The largest absolute Gasteiger partial charge is 0.324 e. The summed E-state index contributed by atoms with van der Waals surface area (Å²) >= 11 is 6.12. The van der Waals surface area contributed by atoms with Crippen molar-refractivity contribution in [3.8, 4) is 0 Å². The van der Waals surface area contributed by atoms with E-state index >= 15 is 0 Å². The number of hydrogen-bond acceptors (Lipinski definition) is 3. The van der Waals surface area contributed by atoms with Crippen LogP contribution in [0.5, 0.6) is 0 Å². The lowest BCUT2D eigenvalue weighted by molar-refractivity contribution is -0.117. The molecule has 3 rings (SSSR count). The Bertz CT molecular complexity index is 758. The van der Waals surface area contributed by atoms with E-state index in [0.29, 0.717) is 29.5 Å². The van der Waals surface area contributed by atoms with Crippen molar-refractivity contribution < 1.29 is 9.59 Å². The number of aryl methyl sites for hydroxylation is 1. The van der Waals surface area contributed by atoms with Gasteiger partial charge in [0.25, 0.3) is 0 Å². The molecule has 1 aromatic heterocycles. The lowest BCUT2D eigenvalue weighted by atomic mass is 10.2. The Kier molecular flexibility index (Phi) is 4.20. The van der Waals surface area contributed by atoms with Crippen LogP contribution in [-0.4, -0.2) is 28.7 Å². The predicted octanol–water partition coefficient (Wildman–Crippen LogP) is 3.14. The Balaban J connectivity index is 1.74. The molecule has 1 aromatic carbocycles. The summed E-state index contributed by atoms with van der Waals surface area (Å²) in [5.41, 5.74) is 2.00. The number of hydrogen-bond donors (Lipinski definition) is 3. The first-order valence-corrected chi connectivity index (χ1v) is 7.60. The topological polar surface area (TPSA) is 90.1 Å². The number of carbonyl (C=O) groups is 2. The van der Waals surface area contributed by atoms with Gasteiger partial charge < -0.3 is 10.2 Å². The summed E-state index contributed by atoms with van der Waals surface area (Å²) in [7, 11) is 0. The van der Waals surface area contributed by atoms with Gasteiger partial charge in [0.15, 0.2) is 5.82 Å². The second-order valence-corrected chi connectivity index (χ2v) is 5.74. The molecule has 0 atom stereocenters. The third kappa shape index (κ3) is 3.45. The molecule has 120 valence electrons. The molecule has 1 fully saturated rings. The van der Waals surface area contributed by atoms with Crippen LogP contribution in [-0.2, 0) is 4.79 Å². The highest BCUT2D eigenvalue weighted by Crippen LogP contribution is 2.30. The SMILES string of the molecule is Cc1cc(NC(=O)Nc2cc(N3CCCC3=O)ccc2Cl)n[nH]1. The molecule has 2 aromatic rings. The van der Waals surface area contributed by atoms with Gasteiger partial charge in [0.1, 0.15) is 0 Å². The van der Waals surface area contributed by atoms with Gasteiger partial charge in [0.2, 0.25) is 5.91 Å². The van der Waals surface area contributed by atoms with Gasteiger partial charge in [-0.05, 0) is 31.5 Å². The minimum Gasteiger partial charge on any atom is -0.312 e. The Morgan fingerprint density at radius 2 is 2.17 bits per heavy atom. The molecule has 3 N–H and O–H groups in total. The Morgan fingerprint density at radius 3 is 2.83 bits per heavy atom. The summed E-state index contributed by atoms with van der Waals surface area (Å²) in [5, 5.41) is 12.3. The van der Waals surface area contributed by atoms with E-state index in [1.54, 1.807) is 29.2 Å². The monoisotopic (exact) mass is 333 g/mol. The number of amides is 3. The number of benzene rings is 1. The summed E-state index contributed by atoms with van der Waals surface area (Å²) in [4.78, 5) is 25.5. The first-order chi connectivity index (χ1) is 11.0. The molecule has 0 aliphatic carbocycles. The minimum absolute atomic E-state index is 0.0784. The van der Waals surface area contributed by atoms with Crippen molar-refractivity contribution in [3.63, 3.8) is 0 Å². The zero-order chi connectivity index (χ0) is 16.4. The van der Waals surface area contributed by atoms with Gasteiger partial charge in [-0.3, -0.25) is 15.2 Å². The number of H-pyrrole nitrogens is 1.